The second-order valence-electron chi connectivity index (χ2n) is 4.39. The molecule has 110 valence electrons. The third-order valence-corrected chi connectivity index (χ3v) is 3.26. The van der Waals surface area contributed by atoms with Crippen molar-refractivity contribution in [2.75, 3.05) is 32.1 Å². The van der Waals surface area contributed by atoms with Crippen LogP contribution in [-0.4, -0.2) is 43.5 Å². The van der Waals surface area contributed by atoms with Crippen molar-refractivity contribution in [1.29, 1.82) is 0 Å². The van der Waals surface area contributed by atoms with E-state index in [0.29, 0.717) is 17.3 Å². The molecule has 0 saturated carbocycles. The monoisotopic (exact) mass is 298 g/mol. The molecule has 0 bridgehead atoms. The minimum Gasteiger partial charge on any atom is -0.468 e. The topological polar surface area (TPSA) is 58.6 Å². The molecule has 20 heavy (non-hydrogen) atoms. The second-order valence-corrected chi connectivity index (χ2v) is 4.80. The Morgan fingerprint density at radius 3 is 2.60 bits per heavy atom. The summed E-state index contributed by atoms with van der Waals surface area (Å²) in [5.41, 5.74) is 1.59. The maximum Gasteiger partial charge on any atom is 0.319 e. The Balaban J connectivity index is 2.57. The number of nitrogens with zero attached hydrogens (tertiary/aromatic N) is 1. The molecule has 0 aromatic heterocycles. The molecule has 0 unspecified atom stereocenters. The van der Waals surface area contributed by atoms with Crippen LogP contribution in [0.3, 0.4) is 0 Å². The summed E-state index contributed by atoms with van der Waals surface area (Å²) in [4.78, 5) is 24.8. The van der Waals surface area contributed by atoms with E-state index in [4.69, 9.17) is 11.6 Å². The summed E-state index contributed by atoms with van der Waals surface area (Å²) in [7, 11) is 1.32. The van der Waals surface area contributed by atoms with Crippen LogP contribution in [0.2, 0.25) is 5.02 Å². The molecule has 1 rings (SSSR count). The largest absolute Gasteiger partial charge is 0.468 e. The number of carbonyl (C=O) groups excluding carboxylic acids is 2. The zero-order valence-electron chi connectivity index (χ0n) is 11.9. The van der Waals surface area contributed by atoms with Gasteiger partial charge in [-0.2, -0.15) is 0 Å². The number of ether oxygens (including phenoxy) is 1. The minimum absolute atomic E-state index is 0.0923. The Kier molecular flexibility index (Phi) is 6.48. The van der Waals surface area contributed by atoms with Crippen LogP contribution in [0.1, 0.15) is 12.5 Å². The molecule has 1 N–H and O–H groups in total. The maximum atomic E-state index is 11.9. The molecule has 0 spiro atoms. The van der Waals surface area contributed by atoms with Gasteiger partial charge in [-0.3, -0.25) is 14.5 Å². The number of amides is 1. The maximum absolute atomic E-state index is 11.9. The SMILES string of the molecule is CCN(CC(=O)Nc1ccc(C)c(Cl)c1)CC(=O)OC. The van der Waals surface area contributed by atoms with Crippen molar-refractivity contribution in [1.82, 2.24) is 4.90 Å². The number of likely N-dealkylation sites (N-methyl/N-ethyl adjacent to an activating group) is 1. The average Bonchev–Trinajstić information content (AvgIpc) is 2.41. The van der Waals surface area contributed by atoms with Crippen LogP contribution < -0.4 is 5.32 Å². The molecule has 0 aliphatic carbocycles. The van der Waals surface area contributed by atoms with Crippen molar-refractivity contribution in [3.05, 3.63) is 28.8 Å². The van der Waals surface area contributed by atoms with E-state index in [1.807, 2.05) is 19.9 Å². The van der Waals surface area contributed by atoms with E-state index in [-0.39, 0.29) is 25.0 Å². The van der Waals surface area contributed by atoms with Crippen molar-refractivity contribution in [2.45, 2.75) is 13.8 Å². The summed E-state index contributed by atoms with van der Waals surface area (Å²) < 4.78 is 4.58. The van der Waals surface area contributed by atoms with Crippen LogP contribution in [0, 0.1) is 6.92 Å². The van der Waals surface area contributed by atoms with Gasteiger partial charge < -0.3 is 10.1 Å². The van der Waals surface area contributed by atoms with Crippen LogP contribution >= 0.6 is 11.6 Å². The van der Waals surface area contributed by atoms with Gasteiger partial charge in [-0.25, -0.2) is 0 Å². The molecule has 1 amide bonds. The first-order valence-electron chi connectivity index (χ1n) is 6.31. The van der Waals surface area contributed by atoms with Gasteiger partial charge in [-0.1, -0.05) is 24.6 Å². The van der Waals surface area contributed by atoms with Crippen molar-refractivity contribution in [3.63, 3.8) is 0 Å². The third-order valence-electron chi connectivity index (χ3n) is 2.85. The summed E-state index contributed by atoms with van der Waals surface area (Å²) in [6.07, 6.45) is 0. The van der Waals surface area contributed by atoms with E-state index >= 15 is 0 Å². The van der Waals surface area contributed by atoms with Gasteiger partial charge in [0.15, 0.2) is 0 Å². The van der Waals surface area contributed by atoms with Crippen molar-refractivity contribution >= 4 is 29.2 Å². The lowest BCUT2D eigenvalue weighted by molar-refractivity contribution is -0.142. The first kappa shape index (κ1) is 16.5. The van der Waals surface area contributed by atoms with Gasteiger partial charge in [0.05, 0.1) is 20.2 Å². The first-order valence-corrected chi connectivity index (χ1v) is 6.69. The zero-order chi connectivity index (χ0) is 15.1. The van der Waals surface area contributed by atoms with Crippen LogP contribution in [-0.2, 0) is 14.3 Å². The second kappa shape index (κ2) is 7.87. The van der Waals surface area contributed by atoms with Crippen molar-refractivity contribution < 1.29 is 14.3 Å². The number of nitrogens with one attached hydrogen (secondary N) is 1. The Morgan fingerprint density at radius 2 is 2.05 bits per heavy atom. The molecule has 1 aromatic carbocycles. The number of esters is 1. The molecular formula is C14H19ClN2O3. The predicted molar refractivity (Wildman–Crippen MR) is 78.9 cm³/mol. The number of rotatable bonds is 6. The highest BCUT2D eigenvalue weighted by Crippen LogP contribution is 2.19. The normalized spacial score (nSPS) is 10.4. The smallest absolute Gasteiger partial charge is 0.319 e. The molecule has 0 radical (unpaired) electrons. The van der Waals surface area contributed by atoms with E-state index in [1.54, 1.807) is 17.0 Å². The number of benzene rings is 1. The van der Waals surface area contributed by atoms with Gasteiger partial charge >= 0.3 is 5.97 Å². The van der Waals surface area contributed by atoms with Gasteiger partial charge in [-0.15, -0.1) is 0 Å². The Hall–Kier alpha value is -1.59. The lowest BCUT2D eigenvalue weighted by atomic mass is 10.2. The Bertz CT molecular complexity index is 491. The molecule has 0 atom stereocenters. The lowest BCUT2D eigenvalue weighted by Gasteiger charge is -2.18. The molecule has 1 aromatic rings. The highest BCUT2D eigenvalue weighted by atomic mass is 35.5. The fourth-order valence-electron chi connectivity index (χ4n) is 1.60. The summed E-state index contributed by atoms with van der Waals surface area (Å²) in [5.74, 6) is -0.561. The number of hydrogen-bond donors (Lipinski definition) is 1. The highest BCUT2D eigenvalue weighted by Gasteiger charge is 2.13. The van der Waals surface area contributed by atoms with E-state index in [9.17, 15) is 9.59 Å². The molecule has 0 fully saturated rings. The lowest BCUT2D eigenvalue weighted by Crippen LogP contribution is -2.37. The number of methoxy groups -OCH3 is 1. The molecule has 0 saturated heterocycles. The van der Waals surface area contributed by atoms with Gasteiger partial charge in [0.2, 0.25) is 5.91 Å². The zero-order valence-corrected chi connectivity index (χ0v) is 12.7. The third kappa shape index (κ3) is 5.19. The average molecular weight is 299 g/mol. The number of carbonyl (C=O) groups is 2. The molecule has 0 heterocycles. The fourth-order valence-corrected chi connectivity index (χ4v) is 1.78. The van der Waals surface area contributed by atoms with Crippen LogP contribution in [0.4, 0.5) is 5.69 Å². The first-order chi connectivity index (χ1) is 9.46. The fraction of sp³-hybridized carbons (Fsp3) is 0.429. The minimum atomic E-state index is -0.363. The summed E-state index contributed by atoms with van der Waals surface area (Å²) in [5, 5.41) is 3.35. The quantitative estimate of drug-likeness (QED) is 0.817. The van der Waals surface area contributed by atoms with Gasteiger partial charge in [0.25, 0.3) is 0 Å². The number of halogens is 1. The van der Waals surface area contributed by atoms with E-state index in [2.05, 4.69) is 10.1 Å². The summed E-state index contributed by atoms with van der Waals surface area (Å²) in [6, 6.07) is 5.32. The molecule has 6 heteroatoms. The molecular weight excluding hydrogens is 280 g/mol. The van der Waals surface area contributed by atoms with E-state index in [1.165, 1.54) is 7.11 Å². The van der Waals surface area contributed by atoms with E-state index < -0.39 is 0 Å². The Labute approximate surface area is 123 Å². The van der Waals surface area contributed by atoms with Gasteiger partial charge in [0.1, 0.15) is 0 Å². The number of anilines is 1. The molecule has 5 nitrogen and oxygen atoms in total. The van der Waals surface area contributed by atoms with E-state index in [0.717, 1.165) is 5.56 Å². The molecule has 0 aliphatic rings. The standard InChI is InChI=1S/C14H19ClN2O3/c1-4-17(9-14(19)20-3)8-13(18)16-11-6-5-10(2)12(15)7-11/h5-7H,4,8-9H2,1-3H3,(H,16,18). The molecule has 0 aliphatic heterocycles. The van der Waals surface area contributed by atoms with Crippen LogP contribution in [0.25, 0.3) is 0 Å². The summed E-state index contributed by atoms with van der Waals surface area (Å²) in [6.45, 7) is 4.56. The van der Waals surface area contributed by atoms with Crippen molar-refractivity contribution in [2.24, 2.45) is 0 Å². The Morgan fingerprint density at radius 1 is 1.35 bits per heavy atom. The van der Waals surface area contributed by atoms with Crippen LogP contribution in [0.15, 0.2) is 18.2 Å². The summed E-state index contributed by atoms with van der Waals surface area (Å²) >= 11 is 6.00. The number of aryl methyl sites for hydroxylation is 1. The van der Waals surface area contributed by atoms with Crippen molar-refractivity contribution in [3.8, 4) is 0 Å². The van der Waals surface area contributed by atoms with Gasteiger partial charge in [0, 0.05) is 10.7 Å². The highest BCUT2D eigenvalue weighted by molar-refractivity contribution is 6.31. The van der Waals surface area contributed by atoms with Crippen LogP contribution in [0.5, 0.6) is 0 Å². The predicted octanol–water partition coefficient (Wildman–Crippen LogP) is 2.08. The number of hydrogen-bond acceptors (Lipinski definition) is 4. The van der Waals surface area contributed by atoms with Gasteiger partial charge in [-0.05, 0) is 31.2 Å².